The van der Waals surface area contributed by atoms with Crippen LogP contribution in [0.3, 0.4) is 0 Å². The van der Waals surface area contributed by atoms with Crippen molar-refractivity contribution in [3.63, 3.8) is 0 Å². The van der Waals surface area contributed by atoms with Crippen molar-refractivity contribution in [2.75, 3.05) is 35.6 Å². The van der Waals surface area contributed by atoms with Gasteiger partial charge in [-0.15, -0.1) is 0 Å². The number of amides is 3. The van der Waals surface area contributed by atoms with E-state index in [4.69, 9.17) is 4.74 Å². The van der Waals surface area contributed by atoms with E-state index in [2.05, 4.69) is 21.3 Å². The first kappa shape index (κ1) is 22.3. The van der Waals surface area contributed by atoms with Crippen molar-refractivity contribution in [1.29, 1.82) is 0 Å². The third-order valence-corrected chi connectivity index (χ3v) is 4.87. The molecule has 4 N–H and O–H groups in total. The molecule has 0 aliphatic carbocycles. The second-order valence-electron chi connectivity index (χ2n) is 7.31. The first-order valence-electron chi connectivity index (χ1n) is 10.5. The van der Waals surface area contributed by atoms with Crippen LogP contribution in [0.4, 0.5) is 17.1 Å². The fourth-order valence-electron chi connectivity index (χ4n) is 3.16. The van der Waals surface area contributed by atoms with Gasteiger partial charge in [0.1, 0.15) is 0 Å². The van der Waals surface area contributed by atoms with Crippen LogP contribution in [0.2, 0.25) is 0 Å². The second kappa shape index (κ2) is 11.1. The third kappa shape index (κ3) is 7.11. The number of anilines is 3. The molecule has 8 nitrogen and oxygen atoms in total. The topological polar surface area (TPSA) is 109 Å². The highest BCUT2D eigenvalue weighted by Gasteiger charge is 2.17. The average Bonchev–Trinajstić information content (AvgIpc) is 3.31. The van der Waals surface area contributed by atoms with Crippen LogP contribution in [0.5, 0.6) is 0 Å². The molecular weight excluding hydrogens is 396 g/mol. The summed E-state index contributed by atoms with van der Waals surface area (Å²) >= 11 is 0. The molecule has 31 heavy (non-hydrogen) atoms. The molecule has 8 heteroatoms. The van der Waals surface area contributed by atoms with E-state index in [0.717, 1.165) is 25.1 Å². The molecule has 1 saturated heterocycles. The number of benzene rings is 2. The van der Waals surface area contributed by atoms with Gasteiger partial charge in [0.05, 0.1) is 12.6 Å². The van der Waals surface area contributed by atoms with E-state index in [1.807, 2.05) is 0 Å². The zero-order valence-electron chi connectivity index (χ0n) is 17.6. The molecule has 0 radical (unpaired) electrons. The van der Waals surface area contributed by atoms with E-state index in [1.54, 1.807) is 55.5 Å². The van der Waals surface area contributed by atoms with Crippen molar-refractivity contribution < 1.29 is 19.1 Å². The number of carbonyl (C=O) groups excluding carboxylic acids is 3. The summed E-state index contributed by atoms with van der Waals surface area (Å²) < 4.78 is 5.51. The summed E-state index contributed by atoms with van der Waals surface area (Å²) in [5, 5.41) is 11.5. The van der Waals surface area contributed by atoms with Gasteiger partial charge in [-0.25, -0.2) is 0 Å². The minimum absolute atomic E-state index is 0.0529. The van der Waals surface area contributed by atoms with Crippen molar-refractivity contribution in [3.8, 4) is 0 Å². The summed E-state index contributed by atoms with van der Waals surface area (Å²) in [4.78, 5) is 36.0. The van der Waals surface area contributed by atoms with Crippen LogP contribution in [0.25, 0.3) is 0 Å². The quantitative estimate of drug-likeness (QED) is 0.495. The van der Waals surface area contributed by atoms with Crippen molar-refractivity contribution in [1.82, 2.24) is 5.32 Å². The number of rotatable bonds is 9. The number of hydrogen-bond acceptors (Lipinski definition) is 5. The van der Waals surface area contributed by atoms with Gasteiger partial charge < -0.3 is 26.0 Å². The molecule has 0 saturated carbocycles. The Kier molecular flexibility index (Phi) is 8.00. The van der Waals surface area contributed by atoms with Crippen LogP contribution in [0.15, 0.2) is 48.5 Å². The van der Waals surface area contributed by atoms with Gasteiger partial charge in [-0.1, -0.05) is 13.0 Å². The predicted octanol–water partition coefficient (Wildman–Crippen LogP) is 2.99. The Morgan fingerprint density at radius 1 is 0.968 bits per heavy atom. The molecule has 1 aliphatic heterocycles. The van der Waals surface area contributed by atoms with E-state index < -0.39 is 0 Å². The highest BCUT2D eigenvalue weighted by Crippen LogP contribution is 2.15. The summed E-state index contributed by atoms with van der Waals surface area (Å²) in [6.07, 6.45) is 2.47. The minimum Gasteiger partial charge on any atom is -0.376 e. The smallest absolute Gasteiger partial charge is 0.251 e. The number of ether oxygens (including phenoxy) is 1. The summed E-state index contributed by atoms with van der Waals surface area (Å²) in [5.74, 6) is -0.483. The molecule has 3 rings (SSSR count). The van der Waals surface area contributed by atoms with Gasteiger partial charge in [-0.05, 0) is 55.3 Å². The zero-order chi connectivity index (χ0) is 22.1. The van der Waals surface area contributed by atoms with Crippen LogP contribution in [-0.2, 0) is 14.3 Å². The number of carbonyl (C=O) groups is 3. The highest BCUT2D eigenvalue weighted by molar-refractivity contribution is 5.98. The summed E-state index contributed by atoms with van der Waals surface area (Å²) in [6, 6.07) is 13.9. The molecule has 0 bridgehead atoms. The summed E-state index contributed by atoms with van der Waals surface area (Å²) in [6.45, 7) is 3.09. The fraction of sp³-hybridized carbons (Fsp3) is 0.348. The standard InChI is InChI=1S/C23H28N4O4/c1-2-21(28)26-18-10-8-17(9-11-18)24-15-22(29)27-19-6-3-5-16(13-19)23(30)25-14-20-7-4-12-31-20/h3,5-6,8-11,13,20,24H,2,4,7,12,14-15H2,1H3,(H,25,30)(H,26,28)(H,27,29). The van der Waals surface area contributed by atoms with Crippen LogP contribution < -0.4 is 21.3 Å². The molecule has 2 aromatic rings. The second-order valence-corrected chi connectivity index (χ2v) is 7.31. The molecule has 0 aromatic heterocycles. The number of hydrogen-bond donors (Lipinski definition) is 4. The highest BCUT2D eigenvalue weighted by atomic mass is 16.5. The lowest BCUT2D eigenvalue weighted by molar-refractivity contribution is -0.116. The molecule has 0 spiro atoms. The summed E-state index contributed by atoms with van der Waals surface area (Å²) in [7, 11) is 0. The van der Waals surface area contributed by atoms with Crippen LogP contribution in [0.1, 0.15) is 36.5 Å². The van der Waals surface area contributed by atoms with E-state index >= 15 is 0 Å². The normalized spacial score (nSPS) is 15.2. The molecule has 1 atom stereocenters. The minimum atomic E-state index is -0.236. The van der Waals surface area contributed by atoms with Crippen molar-refractivity contribution >= 4 is 34.8 Å². The largest absolute Gasteiger partial charge is 0.376 e. The van der Waals surface area contributed by atoms with E-state index in [-0.39, 0.29) is 30.4 Å². The average molecular weight is 425 g/mol. The number of nitrogens with one attached hydrogen (secondary N) is 4. The van der Waals surface area contributed by atoms with Crippen molar-refractivity contribution in [3.05, 3.63) is 54.1 Å². The van der Waals surface area contributed by atoms with Crippen molar-refractivity contribution in [2.24, 2.45) is 0 Å². The van der Waals surface area contributed by atoms with Crippen LogP contribution >= 0.6 is 0 Å². The fourth-order valence-corrected chi connectivity index (χ4v) is 3.16. The van der Waals surface area contributed by atoms with Gasteiger partial charge in [0.2, 0.25) is 11.8 Å². The Balaban J connectivity index is 1.46. The molecule has 1 aliphatic rings. The van der Waals surface area contributed by atoms with Gasteiger partial charge in [0.15, 0.2) is 0 Å². The first-order valence-corrected chi connectivity index (χ1v) is 10.5. The third-order valence-electron chi connectivity index (χ3n) is 4.87. The predicted molar refractivity (Wildman–Crippen MR) is 120 cm³/mol. The Bertz CT molecular complexity index is 908. The van der Waals surface area contributed by atoms with Crippen molar-refractivity contribution in [2.45, 2.75) is 32.3 Å². The molecule has 2 aromatic carbocycles. The van der Waals surface area contributed by atoms with E-state index in [9.17, 15) is 14.4 Å². The van der Waals surface area contributed by atoms with E-state index in [1.165, 1.54) is 0 Å². The maximum absolute atomic E-state index is 12.3. The van der Waals surface area contributed by atoms with E-state index in [0.29, 0.717) is 29.9 Å². The lowest BCUT2D eigenvalue weighted by Gasteiger charge is -2.12. The van der Waals surface area contributed by atoms with Gasteiger partial charge in [-0.2, -0.15) is 0 Å². The Morgan fingerprint density at radius 3 is 2.42 bits per heavy atom. The molecule has 164 valence electrons. The monoisotopic (exact) mass is 424 g/mol. The molecule has 1 unspecified atom stereocenters. The Morgan fingerprint density at radius 2 is 1.71 bits per heavy atom. The summed E-state index contributed by atoms with van der Waals surface area (Å²) in [5.41, 5.74) is 2.49. The van der Waals surface area contributed by atoms with Gasteiger partial charge in [-0.3, -0.25) is 14.4 Å². The lowest BCUT2D eigenvalue weighted by Crippen LogP contribution is -2.31. The maximum atomic E-state index is 12.3. The molecule has 1 fully saturated rings. The zero-order valence-corrected chi connectivity index (χ0v) is 17.6. The van der Waals surface area contributed by atoms with Gasteiger partial charge in [0, 0.05) is 42.2 Å². The molecule has 1 heterocycles. The van der Waals surface area contributed by atoms with Crippen LogP contribution in [-0.4, -0.2) is 43.5 Å². The Hall–Kier alpha value is -3.39. The SMILES string of the molecule is CCC(=O)Nc1ccc(NCC(=O)Nc2cccc(C(=O)NCC3CCCO3)c2)cc1. The Labute approximate surface area is 181 Å². The van der Waals surface area contributed by atoms with Crippen LogP contribution in [0, 0.1) is 0 Å². The van der Waals surface area contributed by atoms with Gasteiger partial charge >= 0.3 is 0 Å². The lowest BCUT2D eigenvalue weighted by atomic mass is 10.1. The maximum Gasteiger partial charge on any atom is 0.251 e. The molecule has 3 amide bonds. The molecular formula is C23H28N4O4. The van der Waals surface area contributed by atoms with Gasteiger partial charge in [0.25, 0.3) is 5.91 Å². The first-order chi connectivity index (χ1) is 15.0.